The Balaban J connectivity index is 2.29. The molecule has 4 nitrogen and oxygen atoms in total. The number of rotatable bonds is 5. The molecule has 0 aliphatic rings. The van der Waals surface area contributed by atoms with Crippen LogP contribution in [-0.4, -0.2) is 22.2 Å². The standard InChI is InChI=1S/C16H15Cl2NO3/c17-12-2-1-3-13(18)11(12)8-10-6-9(4-5-15(10)20)7-14(19)16(21)22/h1-6,14,20H,7-8,19H2,(H,21,22)/t14-/m0/s1. The molecule has 1 atom stereocenters. The molecule has 0 bridgehead atoms. The maximum absolute atomic E-state index is 10.8. The topological polar surface area (TPSA) is 83.5 Å². The van der Waals surface area contributed by atoms with E-state index >= 15 is 0 Å². The van der Waals surface area contributed by atoms with Crippen molar-refractivity contribution in [3.63, 3.8) is 0 Å². The molecule has 0 aliphatic heterocycles. The Kier molecular flexibility index (Phi) is 5.29. The second-order valence-electron chi connectivity index (χ2n) is 4.99. The SMILES string of the molecule is N[C@@H](Cc1ccc(O)c(Cc2c(Cl)cccc2Cl)c1)C(=O)O. The van der Waals surface area contributed by atoms with Gasteiger partial charge in [-0.3, -0.25) is 4.79 Å². The number of nitrogens with two attached hydrogens (primary N) is 1. The number of carbonyl (C=O) groups is 1. The molecule has 0 spiro atoms. The van der Waals surface area contributed by atoms with E-state index in [4.69, 9.17) is 34.0 Å². The van der Waals surface area contributed by atoms with Crippen LogP contribution in [0.5, 0.6) is 5.75 Å². The van der Waals surface area contributed by atoms with Gasteiger partial charge in [0.15, 0.2) is 0 Å². The summed E-state index contributed by atoms with van der Waals surface area (Å²) in [4.78, 5) is 10.8. The molecule has 2 rings (SSSR count). The number of hydrogen-bond donors (Lipinski definition) is 3. The largest absolute Gasteiger partial charge is 0.508 e. The summed E-state index contributed by atoms with van der Waals surface area (Å²) in [5.41, 5.74) is 7.59. The third-order valence-corrected chi connectivity index (χ3v) is 4.05. The fourth-order valence-corrected chi connectivity index (χ4v) is 2.67. The van der Waals surface area contributed by atoms with Gasteiger partial charge in [0.25, 0.3) is 0 Å². The van der Waals surface area contributed by atoms with Gasteiger partial charge >= 0.3 is 5.97 Å². The van der Waals surface area contributed by atoms with Crippen molar-refractivity contribution >= 4 is 29.2 Å². The van der Waals surface area contributed by atoms with E-state index in [1.807, 2.05) is 0 Å². The van der Waals surface area contributed by atoms with Crippen LogP contribution in [0.4, 0.5) is 0 Å². The maximum Gasteiger partial charge on any atom is 0.320 e. The van der Waals surface area contributed by atoms with E-state index in [-0.39, 0.29) is 12.2 Å². The van der Waals surface area contributed by atoms with Gasteiger partial charge < -0.3 is 15.9 Å². The van der Waals surface area contributed by atoms with Gasteiger partial charge in [-0.2, -0.15) is 0 Å². The Morgan fingerprint density at radius 3 is 2.41 bits per heavy atom. The van der Waals surface area contributed by atoms with Crippen molar-refractivity contribution in [3.05, 3.63) is 63.1 Å². The molecule has 22 heavy (non-hydrogen) atoms. The van der Waals surface area contributed by atoms with Crippen molar-refractivity contribution in [3.8, 4) is 5.75 Å². The van der Waals surface area contributed by atoms with Crippen LogP contribution in [0.25, 0.3) is 0 Å². The molecule has 116 valence electrons. The summed E-state index contributed by atoms with van der Waals surface area (Å²) >= 11 is 12.3. The average molecular weight is 340 g/mol. The molecule has 2 aromatic rings. The minimum atomic E-state index is -1.07. The van der Waals surface area contributed by atoms with Gasteiger partial charge in [-0.25, -0.2) is 0 Å². The lowest BCUT2D eigenvalue weighted by Crippen LogP contribution is -2.32. The van der Waals surface area contributed by atoms with Crippen LogP contribution in [0.1, 0.15) is 16.7 Å². The van der Waals surface area contributed by atoms with Crippen LogP contribution in [0.3, 0.4) is 0 Å². The first-order valence-electron chi connectivity index (χ1n) is 6.60. The second-order valence-corrected chi connectivity index (χ2v) is 5.80. The first kappa shape index (κ1) is 16.6. The Bertz CT molecular complexity index is 684. The van der Waals surface area contributed by atoms with Crippen molar-refractivity contribution in [2.75, 3.05) is 0 Å². The van der Waals surface area contributed by atoms with E-state index < -0.39 is 12.0 Å². The third-order valence-electron chi connectivity index (χ3n) is 3.35. The molecule has 0 heterocycles. The molecule has 0 unspecified atom stereocenters. The zero-order chi connectivity index (χ0) is 16.3. The van der Waals surface area contributed by atoms with E-state index in [1.165, 1.54) is 6.07 Å². The maximum atomic E-state index is 10.8. The summed E-state index contributed by atoms with van der Waals surface area (Å²) in [7, 11) is 0. The number of hydrogen-bond acceptors (Lipinski definition) is 3. The molecule has 6 heteroatoms. The lowest BCUT2D eigenvalue weighted by atomic mass is 9.98. The molecule has 2 aromatic carbocycles. The minimum absolute atomic E-state index is 0.101. The number of carboxylic acids is 1. The highest BCUT2D eigenvalue weighted by Crippen LogP contribution is 2.30. The quantitative estimate of drug-likeness (QED) is 0.780. The minimum Gasteiger partial charge on any atom is -0.508 e. The number of carboxylic acid groups (broad SMARTS) is 1. The number of aliphatic carboxylic acids is 1. The highest BCUT2D eigenvalue weighted by atomic mass is 35.5. The monoisotopic (exact) mass is 339 g/mol. The van der Waals surface area contributed by atoms with E-state index in [0.717, 1.165) is 5.56 Å². The van der Waals surface area contributed by atoms with Crippen LogP contribution in [0.15, 0.2) is 36.4 Å². The highest BCUT2D eigenvalue weighted by Gasteiger charge is 2.14. The normalized spacial score (nSPS) is 12.1. The summed E-state index contributed by atoms with van der Waals surface area (Å²) in [5.74, 6) is -0.965. The average Bonchev–Trinajstić information content (AvgIpc) is 2.46. The summed E-state index contributed by atoms with van der Waals surface area (Å²) in [6.45, 7) is 0. The van der Waals surface area contributed by atoms with E-state index in [9.17, 15) is 9.90 Å². The number of phenols is 1. The van der Waals surface area contributed by atoms with Gasteiger partial charge in [0.2, 0.25) is 0 Å². The summed E-state index contributed by atoms with van der Waals surface area (Å²) in [6, 6.07) is 9.10. The predicted octanol–water partition coefficient (Wildman–Crippen LogP) is 3.24. The van der Waals surface area contributed by atoms with Gasteiger partial charge in [0.1, 0.15) is 11.8 Å². The lowest BCUT2D eigenvalue weighted by molar-refractivity contribution is -0.138. The van der Waals surface area contributed by atoms with Crippen molar-refractivity contribution in [2.24, 2.45) is 5.73 Å². The van der Waals surface area contributed by atoms with Crippen molar-refractivity contribution < 1.29 is 15.0 Å². The van der Waals surface area contributed by atoms with Crippen LogP contribution in [-0.2, 0) is 17.6 Å². The Morgan fingerprint density at radius 1 is 1.18 bits per heavy atom. The molecule has 0 aliphatic carbocycles. The summed E-state index contributed by atoms with van der Waals surface area (Å²) < 4.78 is 0. The van der Waals surface area contributed by atoms with E-state index in [0.29, 0.717) is 27.6 Å². The molecule has 0 saturated carbocycles. The van der Waals surface area contributed by atoms with Gasteiger partial charge in [-0.1, -0.05) is 41.4 Å². The van der Waals surface area contributed by atoms with Gasteiger partial charge in [-0.05, 0) is 41.3 Å². The zero-order valence-electron chi connectivity index (χ0n) is 11.6. The van der Waals surface area contributed by atoms with Crippen LogP contribution < -0.4 is 5.73 Å². The number of aromatic hydroxyl groups is 1. The molecular formula is C16H15Cl2NO3. The van der Waals surface area contributed by atoms with Gasteiger partial charge in [0.05, 0.1) is 0 Å². The third kappa shape index (κ3) is 3.91. The highest BCUT2D eigenvalue weighted by molar-refractivity contribution is 6.36. The summed E-state index contributed by atoms with van der Waals surface area (Å²) in [5, 5.41) is 19.9. The first-order chi connectivity index (χ1) is 10.4. The molecule has 0 amide bonds. The van der Waals surface area contributed by atoms with Gasteiger partial charge in [-0.15, -0.1) is 0 Å². The Morgan fingerprint density at radius 2 is 1.82 bits per heavy atom. The molecular weight excluding hydrogens is 325 g/mol. The Hall–Kier alpha value is -1.75. The zero-order valence-corrected chi connectivity index (χ0v) is 13.1. The fourth-order valence-electron chi connectivity index (χ4n) is 2.14. The first-order valence-corrected chi connectivity index (χ1v) is 7.36. The van der Waals surface area contributed by atoms with Crippen molar-refractivity contribution in [1.29, 1.82) is 0 Å². The van der Waals surface area contributed by atoms with Crippen LogP contribution in [0, 0.1) is 0 Å². The number of halogens is 2. The number of phenolic OH excluding ortho intramolecular Hbond substituents is 1. The molecule has 4 N–H and O–H groups in total. The van der Waals surface area contributed by atoms with Crippen LogP contribution >= 0.6 is 23.2 Å². The van der Waals surface area contributed by atoms with Crippen LogP contribution in [0.2, 0.25) is 10.0 Å². The lowest BCUT2D eigenvalue weighted by Gasteiger charge is -2.12. The molecule has 0 fully saturated rings. The molecule has 0 radical (unpaired) electrons. The van der Waals surface area contributed by atoms with E-state index in [2.05, 4.69) is 0 Å². The van der Waals surface area contributed by atoms with E-state index in [1.54, 1.807) is 30.3 Å². The van der Waals surface area contributed by atoms with Crippen molar-refractivity contribution in [2.45, 2.75) is 18.9 Å². The smallest absolute Gasteiger partial charge is 0.320 e. The second kappa shape index (κ2) is 7.01. The van der Waals surface area contributed by atoms with Gasteiger partial charge in [0, 0.05) is 16.5 Å². The molecule has 0 aromatic heterocycles. The molecule has 0 saturated heterocycles. The Labute approximate surface area is 138 Å². The number of benzene rings is 2. The fraction of sp³-hybridized carbons (Fsp3) is 0.188. The summed E-state index contributed by atoms with van der Waals surface area (Å²) in [6.07, 6.45) is 0.527. The predicted molar refractivity (Wildman–Crippen MR) is 86.7 cm³/mol. The van der Waals surface area contributed by atoms with Crippen molar-refractivity contribution in [1.82, 2.24) is 0 Å².